The van der Waals surface area contributed by atoms with Gasteiger partial charge in [0, 0.05) is 12.6 Å². The van der Waals surface area contributed by atoms with Crippen LogP contribution in [0.5, 0.6) is 11.5 Å². The maximum Gasteiger partial charge on any atom is 0.278 e. The number of carbonyl (C=O) groups excluding carboxylic acids is 1. The van der Waals surface area contributed by atoms with Gasteiger partial charge in [-0.15, -0.1) is 0 Å². The van der Waals surface area contributed by atoms with Crippen molar-refractivity contribution in [2.24, 2.45) is 5.73 Å². The molecule has 0 aliphatic carbocycles. The zero-order valence-electron chi connectivity index (χ0n) is 17.9. The summed E-state index contributed by atoms with van der Waals surface area (Å²) in [5.74, 6) is 0.876. The lowest BCUT2D eigenvalue weighted by atomic mass is 10.1. The predicted molar refractivity (Wildman–Crippen MR) is 124 cm³/mol. The zero-order valence-corrected chi connectivity index (χ0v) is 17.9. The fourth-order valence-corrected chi connectivity index (χ4v) is 3.40. The minimum Gasteiger partial charge on any atom is -0.494 e. The molecule has 166 valence electrons. The first-order valence-electron chi connectivity index (χ1n) is 10.4. The molecule has 1 amide bonds. The van der Waals surface area contributed by atoms with Crippen LogP contribution < -0.4 is 31.2 Å². The van der Waals surface area contributed by atoms with Crippen molar-refractivity contribution < 1.29 is 14.3 Å². The lowest BCUT2D eigenvalue weighted by Gasteiger charge is -2.22. The number of hydrogen-bond acceptors (Lipinski definition) is 8. The third-order valence-corrected chi connectivity index (χ3v) is 5.11. The molecule has 2 bridgehead atoms. The number of nitrogens with zero attached hydrogens (tertiary/aromatic N) is 3. The van der Waals surface area contributed by atoms with Crippen LogP contribution in [0.4, 0.5) is 17.2 Å². The smallest absolute Gasteiger partial charge is 0.278 e. The Morgan fingerprint density at radius 2 is 2.09 bits per heavy atom. The molecule has 5 N–H and O–H groups in total. The Morgan fingerprint density at radius 3 is 2.94 bits per heavy atom. The van der Waals surface area contributed by atoms with Crippen LogP contribution in [0, 0.1) is 0 Å². The van der Waals surface area contributed by atoms with Gasteiger partial charge in [-0.1, -0.05) is 12.1 Å². The van der Waals surface area contributed by atoms with Gasteiger partial charge in [-0.3, -0.25) is 4.79 Å². The lowest BCUT2D eigenvalue weighted by molar-refractivity contribution is 0.102. The molecule has 3 aromatic rings. The molecule has 0 saturated carbocycles. The second-order valence-electron chi connectivity index (χ2n) is 7.38. The summed E-state index contributed by atoms with van der Waals surface area (Å²) in [6, 6.07) is 13.0. The van der Waals surface area contributed by atoms with E-state index in [1.54, 1.807) is 0 Å². The summed E-state index contributed by atoms with van der Waals surface area (Å²) < 4.78 is 11.9. The molecule has 1 aromatic heterocycles. The number of likely N-dealkylation sites (N-methyl/N-ethyl adjacent to an activating group) is 1. The van der Waals surface area contributed by atoms with Gasteiger partial charge in [-0.05, 0) is 43.3 Å². The summed E-state index contributed by atoms with van der Waals surface area (Å²) in [6.45, 7) is 2.08. The van der Waals surface area contributed by atoms with Gasteiger partial charge >= 0.3 is 0 Å². The summed E-state index contributed by atoms with van der Waals surface area (Å²) >= 11 is 0. The molecule has 2 aromatic carbocycles. The number of ether oxygens (including phenoxy) is 2. The fraction of sp³-hybridized carbons (Fsp3) is 0.261. The molecule has 0 spiro atoms. The number of anilines is 3. The number of carbonyl (C=O) groups is 1. The number of fused-ring (bicyclic) bond motifs is 5. The van der Waals surface area contributed by atoms with Gasteiger partial charge in [-0.25, -0.2) is 9.97 Å². The molecule has 0 radical (unpaired) electrons. The number of amides is 1. The summed E-state index contributed by atoms with van der Waals surface area (Å²) in [4.78, 5) is 23.8. The highest BCUT2D eigenvalue weighted by Crippen LogP contribution is 2.34. The summed E-state index contributed by atoms with van der Waals surface area (Å²) in [5, 5.41) is 2.91. The number of aromatic nitrogens is 2. The highest BCUT2D eigenvalue weighted by Gasteiger charge is 2.20. The van der Waals surface area contributed by atoms with Gasteiger partial charge in [0.1, 0.15) is 18.1 Å². The molecule has 0 saturated heterocycles. The van der Waals surface area contributed by atoms with Crippen LogP contribution in [0.15, 0.2) is 48.7 Å². The highest BCUT2D eigenvalue weighted by atomic mass is 16.5. The molecule has 9 heteroatoms. The minimum atomic E-state index is -0.435. The van der Waals surface area contributed by atoms with Crippen molar-refractivity contribution in [2.45, 2.75) is 6.42 Å². The Balaban J connectivity index is 1.78. The standard InChI is InChI=1S/C23H26N6O3/c1-29-10-12-32-20-8-7-15(31-11-4-9-24)13-16(20)18-14-26-22(25)21(27-18)23(30)28-17-5-2-3-6-19(17)29/h2-3,5-8,13-14H,4,9-12,24H2,1H3,(H2,25,26)(H,28,30). The molecule has 0 atom stereocenters. The normalized spacial score (nSPS) is 13.4. The number of benzene rings is 2. The Labute approximate surface area is 186 Å². The first-order chi connectivity index (χ1) is 15.6. The van der Waals surface area contributed by atoms with Crippen molar-refractivity contribution in [1.29, 1.82) is 0 Å². The average molecular weight is 435 g/mol. The SMILES string of the molecule is CN1CCOc2ccc(OCCCN)cc2-c2cnc(N)c(n2)C(=O)Nc2ccccc21. The van der Waals surface area contributed by atoms with E-state index in [0.717, 1.165) is 12.1 Å². The highest BCUT2D eigenvalue weighted by molar-refractivity contribution is 6.07. The van der Waals surface area contributed by atoms with Crippen molar-refractivity contribution >= 4 is 23.1 Å². The monoisotopic (exact) mass is 434 g/mol. The molecule has 2 heterocycles. The fourth-order valence-electron chi connectivity index (χ4n) is 3.40. The molecular weight excluding hydrogens is 408 g/mol. The predicted octanol–water partition coefficient (Wildman–Crippen LogP) is 2.53. The Bertz CT molecular complexity index is 1120. The molecule has 32 heavy (non-hydrogen) atoms. The van der Waals surface area contributed by atoms with Crippen LogP contribution in [0.25, 0.3) is 11.3 Å². The summed E-state index contributed by atoms with van der Waals surface area (Å²) in [6.07, 6.45) is 2.27. The molecular formula is C23H26N6O3. The lowest BCUT2D eigenvalue weighted by Crippen LogP contribution is -2.25. The van der Waals surface area contributed by atoms with Crippen LogP contribution in [0.3, 0.4) is 0 Å². The number of nitrogens with one attached hydrogen (secondary N) is 1. The first kappa shape index (κ1) is 21.4. The van der Waals surface area contributed by atoms with Gasteiger partial charge in [0.05, 0.1) is 36.4 Å². The minimum absolute atomic E-state index is 0.0413. The van der Waals surface area contributed by atoms with Crippen molar-refractivity contribution in [3.8, 4) is 22.8 Å². The van der Waals surface area contributed by atoms with Crippen LogP contribution in [0.2, 0.25) is 0 Å². The quantitative estimate of drug-likeness (QED) is 0.535. The molecule has 0 unspecified atom stereocenters. The van der Waals surface area contributed by atoms with E-state index in [1.807, 2.05) is 54.4 Å². The van der Waals surface area contributed by atoms with Gasteiger partial charge in [0.25, 0.3) is 5.91 Å². The van der Waals surface area contributed by atoms with E-state index in [4.69, 9.17) is 20.9 Å². The van der Waals surface area contributed by atoms with Gasteiger partial charge in [-0.2, -0.15) is 0 Å². The van der Waals surface area contributed by atoms with E-state index in [2.05, 4.69) is 15.3 Å². The van der Waals surface area contributed by atoms with Gasteiger partial charge in [0.2, 0.25) is 0 Å². The maximum absolute atomic E-state index is 13.0. The van der Waals surface area contributed by atoms with E-state index in [9.17, 15) is 4.79 Å². The van der Waals surface area contributed by atoms with E-state index >= 15 is 0 Å². The number of nitrogens with two attached hydrogens (primary N) is 2. The summed E-state index contributed by atoms with van der Waals surface area (Å²) in [7, 11) is 1.94. The van der Waals surface area contributed by atoms with Crippen LogP contribution in [0.1, 0.15) is 16.9 Å². The molecule has 1 aliphatic heterocycles. The number of nitrogen functional groups attached to an aromatic ring is 1. The second kappa shape index (κ2) is 9.52. The van der Waals surface area contributed by atoms with Gasteiger partial charge in [0.15, 0.2) is 11.5 Å². The van der Waals surface area contributed by atoms with Crippen LogP contribution >= 0.6 is 0 Å². The van der Waals surface area contributed by atoms with Gasteiger partial charge < -0.3 is 31.2 Å². The van der Waals surface area contributed by atoms with Crippen molar-refractivity contribution in [3.05, 3.63) is 54.4 Å². The molecule has 0 fully saturated rings. The molecule has 1 aliphatic rings. The number of para-hydroxylation sites is 2. The summed E-state index contributed by atoms with van der Waals surface area (Å²) in [5.41, 5.74) is 14.2. The second-order valence-corrected chi connectivity index (χ2v) is 7.38. The topological polar surface area (TPSA) is 129 Å². The third kappa shape index (κ3) is 4.57. The van der Waals surface area contributed by atoms with E-state index in [-0.39, 0.29) is 11.5 Å². The van der Waals surface area contributed by atoms with E-state index in [0.29, 0.717) is 54.7 Å². The zero-order chi connectivity index (χ0) is 22.5. The van der Waals surface area contributed by atoms with Crippen LogP contribution in [-0.2, 0) is 0 Å². The van der Waals surface area contributed by atoms with Crippen LogP contribution in [-0.4, -0.2) is 49.2 Å². The Hall–Kier alpha value is -3.85. The van der Waals surface area contributed by atoms with Crippen molar-refractivity contribution in [1.82, 2.24) is 9.97 Å². The third-order valence-electron chi connectivity index (χ3n) is 5.11. The Kier molecular flexibility index (Phi) is 6.37. The molecule has 4 rings (SSSR count). The van der Waals surface area contributed by atoms with Crippen molar-refractivity contribution in [2.75, 3.05) is 49.3 Å². The average Bonchev–Trinajstić information content (AvgIpc) is 2.80. The van der Waals surface area contributed by atoms with Crippen molar-refractivity contribution in [3.63, 3.8) is 0 Å². The first-order valence-corrected chi connectivity index (χ1v) is 10.4. The number of hydrogen-bond donors (Lipinski definition) is 3. The molecule has 9 nitrogen and oxygen atoms in total. The van der Waals surface area contributed by atoms with E-state index < -0.39 is 5.91 Å². The largest absolute Gasteiger partial charge is 0.494 e. The van der Waals surface area contributed by atoms with E-state index in [1.165, 1.54) is 6.20 Å². The maximum atomic E-state index is 13.0. The Morgan fingerprint density at radius 1 is 1.25 bits per heavy atom. The number of rotatable bonds is 4.